The van der Waals surface area contributed by atoms with Crippen LogP contribution in [0.4, 0.5) is 5.00 Å². The molecule has 168 valence electrons. The van der Waals surface area contributed by atoms with Gasteiger partial charge >= 0.3 is 5.97 Å². The quantitative estimate of drug-likeness (QED) is 0.373. The lowest BCUT2D eigenvalue weighted by Gasteiger charge is -2.18. The van der Waals surface area contributed by atoms with Crippen LogP contribution in [0.3, 0.4) is 0 Å². The molecule has 0 fully saturated rings. The van der Waals surface area contributed by atoms with E-state index in [1.165, 1.54) is 31.6 Å². The number of carbonyl (C=O) groups is 2. The van der Waals surface area contributed by atoms with Crippen molar-refractivity contribution in [1.29, 1.82) is 5.26 Å². The van der Waals surface area contributed by atoms with Gasteiger partial charge in [-0.15, -0.1) is 11.3 Å². The fourth-order valence-corrected chi connectivity index (χ4v) is 5.09. The molecule has 1 aromatic heterocycles. The summed E-state index contributed by atoms with van der Waals surface area (Å²) in [6.07, 6.45) is 4.07. The number of fused-ring (bicyclic) bond motifs is 1. The Kier molecular flexibility index (Phi) is 7.54. The zero-order valence-electron chi connectivity index (χ0n) is 18.6. The third-order valence-corrected chi connectivity index (χ3v) is 6.46. The van der Waals surface area contributed by atoms with E-state index >= 15 is 0 Å². The number of carbonyl (C=O) groups excluding carboxylic acids is 2. The Morgan fingerprint density at radius 1 is 1.31 bits per heavy atom. The molecule has 0 radical (unpaired) electrons. The number of hydrogen-bond donors (Lipinski definition) is 1. The monoisotopic (exact) mass is 454 g/mol. The summed E-state index contributed by atoms with van der Waals surface area (Å²) in [6, 6.07) is 7.11. The summed E-state index contributed by atoms with van der Waals surface area (Å²) in [5.74, 6) is 0.533. The number of methoxy groups -OCH3 is 2. The van der Waals surface area contributed by atoms with Crippen molar-refractivity contribution in [2.75, 3.05) is 26.1 Å². The van der Waals surface area contributed by atoms with Crippen molar-refractivity contribution in [3.8, 4) is 17.6 Å². The van der Waals surface area contributed by atoms with Gasteiger partial charge in [0.15, 0.2) is 11.5 Å². The van der Waals surface area contributed by atoms with Crippen molar-refractivity contribution in [3.63, 3.8) is 0 Å². The van der Waals surface area contributed by atoms with Crippen molar-refractivity contribution >= 4 is 34.3 Å². The Morgan fingerprint density at radius 2 is 2.09 bits per heavy atom. The summed E-state index contributed by atoms with van der Waals surface area (Å²) in [5.41, 5.74) is 1.86. The normalized spacial score (nSPS) is 15.3. The van der Waals surface area contributed by atoms with Gasteiger partial charge in [-0.3, -0.25) is 4.79 Å². The molecule has 2 aromatic rings. The van der Waals surface area contributed by atoms with E-state index in [9.17, 15) is 14.9 Å². The minimum Gasteiger partial charge on any atom is -0.493 e. The highest BCUT2D eigenvalue weighted by Crippen LogP contribution is 2.40. The smallest absolute Gasteiger partial charge is 0.341 e. The topological polar surface area (TPSA) is 97.7 Å². The zero-order valence-corrected chi connectivity index (χ0v) is 19.4. The number of nitrogens with zero attached hydrogens (tertiary/aromatic N) is 1. The number of ether oxygens (including phenoxy) is 3. The molecule has 1 aliphatic carbocycles. The van der Waals surface area contributed by atoms with Crippen molar-refractivity contribution < 1.29 is 23.8 Å². The first-order valence-electron chi connectivity index (χ1n) is 10.4. The number of rotatable bonds is 7. The number of esters is 1. The second-order valence-electron chi connectivity index (χ2n) is 7.51. The highest BCUT2D eigenvalue weighted by atomic mass is 32.1. The molecule has 1 N–H and O–H groups in total. The molecule has 1 aromatic carbocycles. The fraction of sp³-hybridized carbons (Fsp3) is 0.375. The highest BCUT2D eigenvalue weighted by molar-refractivity contribution is 7.17. The summed E-state index contributed by atoms with van der Waals surface area (Å²) >= 11 is 1.38. The average Bonchev–Trinajstić information content (AvgIpc) is 3.14. The number of thiophene rings is 1. The van der Waals surface area contributed by atoms with Gasteiger partial charge in [-0.25, -0.2) is 4.79 Å². The number of anilines is 1. The van der Waals surface area contributed by atoms with E-state index in [-0.39, 0.29) is 5.57 Å². The Balaban J connectivity index is 1.90. The molecule has 0 bridgehead atoms. The van der Waals surface area contributed by atoms with Crippen molar-refractivity contribution in [2.45, 2.75) is 33.1 Å². The molecule has 1 amide bonds. The Labute approximate surface area is 191 Å². The predicted molar refractivity (Wildman–Crippen MR) is 123 cm³/mol. The summed E-state index contributed by atoms with van der Waals surface area (Å²) in [5, 5.41) is 12.8. The fourth-order valence-electron chi connectivity index (χ4n) is 3.69. The van der Waals surface area contributed by atoms with E-state index in [0.29, 0.717) is 40.2 Å². The first kappa shape index (κ1) is 23.4. The van der Waals surface area contributed by atoms with Crippen LogP contribution in [0.1, 0.15) is 46.6 Å². The lowest BCUT2D eigenvalue weighted by molar-refractivity contribution is -0.112. The van der Waals surface area contributed by atoms with Gasteiger partial charge in [0.2, 0.25) is 0 Å². The third-order valence-electron chi connectivity index (χ3n) is 5.29. The SMILES string of the molecule is CCOc1ccc(/C=C(\C#N)C(=O)Nc2sc3c(c2C(=O)OC)CCC(C)C3)cc1OC. The second-order valence-corrected chi connectivity index (χ2v) is 8.62. The van der Waals surface area contributed by atoms with Crippen LogP contribution in [0.2, 0.25) is 0 Å². The van der Waals surface area contributed by atoms with E-state index in [2.05, 4.69) is 12.2 Å². The van der Waals surface area contributed by atoms with E-state index in [4.69, 9.17) is 14.2 Å². The van der Waals surface area contributed by atoms with Gasteiger partial charge in [-0.1, -0.05) is 13.0 Å². The maximum atomic E-state index is 12.9. The molecule has 1 atom stereocenters. The summed E-state index contributed by atoms with van der Waals surface area (Å²) in [7, 11) is 2.85. The lowest BCUT2D eigenvalue weighted by atomic mass is 9.88. The van der Waals surface area contributed by atoms with Crippen molar-refractivity contribution in [2.24, 2.45) is 5.92 Å². The van der Waals surface area contributed by atoms with Crippen LogP contribution in [0.5, 0.6) is 11.5 Å². The molecule has 32 heavy (non-hydrogen) atoms. The van der Waals surface area contributed by atoms with Crippen LogP contribution in [0.15, 0.2) is 23.8 Å². The van der Waals surface area contributed by atoms with E-state index in [1.807, 2.05) is 13.0 Å². The van der Waals surface area contributed by atoms with Gasteiger partial charge in [-0.2, -0.15) is 5.26 Å². The molecule has 7 nitrogen and oxygen atoms in total. The van der Waals surface area contributed by atoms with Crippen molar-refractivity contribution in [1.82, 2.24) is 0 Å². The lowest BCUT2D eigenvalue weighted by Crippen LogP contribution is -2.16. The van der Waals surface area contributed by atoms with Crippen LogP contribution in [0, 0.1) is 17.2 Å². The minimum atomic E-state index is -0.586. The highest BCUT2D eigenvalue weighted by Gasteiger charge is 2.29. The van der Waals surface area contributed by atoms with Crippen molar-refractivity contribution in [3.05, 3.63) is 45.3 Å². The Bertz CT molecular complexity index is 1100. The van der Waals surface area contributed by atoms with E-state index < -0.39 is 11.9 Å². The standard InChI is InChI=1S/C24H26N2O5S/c1-5-31-18-9-7-15(12-19(18)29-3)11-16(13-25)22(27)26-23-21(24(28)30-4)17-8-6-14(2)10-20(17)32-23/h7,9,11-12,14H,5-6,8,10H2,1-4H3,(H,26,27)/b16-11+. The van der Waals surface area contributed by atoms with Crippen LogP contribution in [-0.4, -0.2) is 32.7 Å². The summed E-state index contributed by atoms with van der Waals surface area (Å²) in [6.45, 7) is 4.53. The molecule has 1 heterocycles. The molecule has 0 saturated heterocycles. The van der Waals surface area contributed by atoms with Gasteiger partial charge in [0.25, 0.3) is 5.91 Å². The van der Waals surface area contributed by atoms with Crippen LogP contribution < -0.4 is 14.8 Å². The van der Waals surface area contributed by atoms with Crippen LogP contribution in [-0.2, 0) is 22.4 Å². The molecule has 3 rings (SSSR count). The van der Waals surface area contributed by atoms with Gasteiger partial charge in [0.1, 0.15) is 16.6 Å². The maximum Gasteiger partial charge on any atom is 0.341 e. The largest absolute Gasteiger partial charge is 0.493 e. The third kappa shape index (κ3) is 4.94. The van der Waals surface area contributed by atoms with Gasteiger partial charge in [-0.05, 0) is 61.4 Å². The molecule has 8 heteroatoms. The minimum absolute atomic E-state index is 0.0910. The second kappa shape index (κ2) is 10.3. The Hall–Kier alpha value is -3.31. The zero-order chi connectivity index (χ0) is 23.3. The number of nitriles is 1. The molecule has 1 unspecified atom stereocenters. The number of hydrogen-bond acceptors (Lipinski definition) is 7. The average molecular weight is 455 g/mol. The molecule has 1 aliphatic rings. The van der Waals surface area contributed by atoms with Crippen LogP contribution >= 0.6 is 11.3 Å². The predicted octanol–water partition coefficient (Wildman–Crippen LogP) is 4.61. The van der Waals surface area contributed by atoms with Gasteiger partial charge in [0, 0.05) is 4.88 Å². The number of nitrogens with one attached hydrogen (secondary N) is 1. The first-order valence-corrected chi connectivity index (χ1v) is 11.2. The van der Waals surface area contributed by atoms with Crippen LogP contribution in [0.25, 0.3) is 6.08 Å². The molecular weight excluding hydrogens is 428 g/mol. The summed E-state index contributed by atoms with van der Waals surface area (Å²) in [4.78, 5) is 26.4. The van der Waals surface area contributed by atoms with Gasteiger partial charge in [0.05, 0.1) is 26.4 Å². The molecular formula is C24H26N2O5S. The number of amides is 1. The van der Waals surface area contributed by atoms with Gasteiger partial charge < -0.3 is 19.5 Å². The molecule has 0 spiro atoms. The molecule has 0 saturated carbocycles. The first-order chi connectivity index (χ1) is 15.4. The number of benzene rings is 1. The van der Waals surface area contributed by atoms with E-state index in [1.54, 1.807) is 18.2 Å². The maximum absolute atomic E-state index is 12.9. The molecule has 0 aliphatic heterocycles. The Morgan fingerprint density at radius 3 is 2.75 bits per heavy atom. The van der Waals surface area contributed by atoms with E-state index in [0.717, 1.165) is 29.7 Å². The summed E-state index contributed by atoms with van der Waals surface area (Å²) < 4.78 is 15.8.